The van der Waals surface area contributed by atoms with Crippen molar-refractivity contribution < 1.29 is 14.3 Å². The molecule has 0 bridgehead atoms. The van der Waals surface area contributed by atoms with Gasteiger partial charge in [0.05, 0.1) is 23.3 Å². The number of benzene rings is 2. The number of carbonyl (C=O) groups excluding carboxylic acids is 2. The first-order valence-corrected chi connectivity index (χ1v) is 9.80. The van der Waals surface area contributed by atoms with Crippen molar-refractivity contribution in [1.82, 2.24) is 4.90 Å². The molecule has 5 nitrogen and oxygen atoms in total. The van der Waals surface area contributed by atoms with E-state index in [4.69, 9.17) is 9.73 Å². The molecule has 0 saturated carbocycles. The summed E-state index contributed by atoms with van der Waals surface area (Å²) < 4.78 is 4.71. The summed E-state index contributed by atoms with van der Waals surface area (Å²) in [6, 6.07) is 13.1. The van der Waals surface area contributed by atoms with Crippen molar-refractivity contribution in [3.05, 3.63) is 69.6 Å². The van der Waals surface area contributed by atoms with E-state index in [2.05, 4.69) is 0 Å². The third-order valence-electron chi connectivity index (χ3n) is 4.41. The Morgan fingerprint density at radius 3 is 2.54 bits per heavy atom. The van der Waals surface area contributed by atoms with Crippen LogP contribution in [0.25, 0.3) is 6.08 Å². The van der Waals surface area contributed by atoms with Gasteiger partial charge in [0.15, 0.2) is 5.17 Å². The number of thioether (sulfide) groups is 1. The van der Waals surface area contributed by atoms with Crippen LogP contribution < -0.4 is 0 Å². The zero-order chi connectivity index (χ0) is 20.3. The van der Waals surface area contributed by atoms with Gasteiger partial charge in [0, 0.05) is 6.54 Å². The first kappa shape index (κ1) is 19.9. The molecule has 1 amide bonds. The summed E-state index contributed by atoms with van der Waals surface area (Å²) in [6.45, 7) is 6.52. The lowest BCUT2D eigenvalue weighted by Crippen LogP contribution is -2.28. The third kappa shape index (κ3) is 4.17. The molecule has 1 aliphatic rings. The van der Waals surface area contributed by atoms with Crippen LogP contribution in [0.3, 0.4) is 0 Å². The predicted molar refractivity (Wildman–Crippen MR) is 114 cm³/mol. The molecule has 28 heavy (non-hydrogen) atoms. The normalized spacial score (nSPS) is 16.9. The quantitative estimate of drug-likeness (QED) is 0.556. The molecule has 1 heterocycles. The fraction of sp³-hybridized carbons (Fsp3) is 0.227. The number of hydrogen-bond acceptors (Lipinski definition) is 5. The van der Waals surface area contributed by atoms with Gasteiger partial charge in [-0.15, -0.1) is 0 Å². The van der Waals surface area contributed by atoms with Crippen LogP contribution >= 0.6 is 11.8 Å². The minimum Gasteiger partial charge on any atom is -0.465 e. The minimum absolute atomic E-state index is 0.0615. The molecule has 2 aromatic rings. The lowest BCUT2D eigenvalue weighted by molar-refractivity contribution is -0.122. The average Bonchev–Trinajstić information content (AvgIpc) is 2.99. The van der Waals surface area contributed by atoms with Crippen LogP contribution in [-0.4, -0.2) is 35.6 Å². The van der Waals surface area contributed by atoms with Gasteiger partial charge in [-0.25, -0.2) is 9.79 Å². The fourth-order valence-electron chi connectivity index (χ4n) is 2.80. The monoisotopic (exact) mass is 394 g/mol. The van der Waals surface area contributed by atoms with Gasteiger partial charge >= 0.3 is 5.97 Å². The second kappa shape index (κ2) is 8.44. The number of esters is 1. The Morgan fingerprint density at radius 1 is 1.18 bits per heavy atom. The molecule has 3 rings (SSSR count). The van der Waals surface area contributed by atoms with Crippen LogP contribution in [0.5, 0.6) is 0 Å². The largest absolute Gasteiger partial charge is 0.465 e. The Balaban J connectivity index is 1.91. The number of nitrogens with zero attached hydrogens (tertiary/aromatic N) is 2. The molecular formula is C22H22N2O3S. The summed E-state index contributed by atoms with van der Waals surface area (Å²) in [5, 5.41) is 0.679. The first-order valence-electron chi connectivity index (χ1n) is 8.98. The number of rotatable bonds is 4. The molecule has 0 N–H and O–H groups in total. The van der Waals surface area contributed by atoms with Gasteiger partial charge in [-0.2, -0.15) is 0 Å². The number of hydrogen-bond donors (Lipinski definition) is 0. The van der Waals surface area contributed by atoms with Crippen molar-refractivity contribution in [2.75, 3.05) is 13.7 Å². The lowest BCUT2D eigenvalue weighted by Gasteiger charge is -2.12. The molecule has 0 unspecified atom stereocenters. The van der Waals surface area contributed by atoms with Crippen molar-refractivity contribution >= 4 is 40.6 Å². The maximum Gasteiger partial charge on any atom is 0.337 e. The van der Waals surface area contributed by atoms with Crippen molar-refractivity contribution in [1.29, 1.82) is 0 Å². The number of carbonyl (C=O) groups is 2. The number of aliphatic imine (C=N–C) groups is 1. The number of aryl methyl sites for hydroxylation is 2. The molecule has 6 heteroatoms. The number of ether oxygens (including phenoxy) is 1. The van der Waals surface area contributed by atoms with Gasteiger partial charge in [-0.3, -0.25) is 9.69 Å². The molecule has 1 aliphatic heterocycles. The second-order valence-corrected chi connectivity index (χ2v) is 7.47. The maximum absolute atomic E-state index is 12.8. The highest BCUT2D eigenvalue weighted by atomic mass is 32.2. The van der Waals surface area contributed by atoms with E-state index in [1.165, 1.54) is 18.9 Å². The molecule has 0 radical (unpaired) electrons. The summed E-state index contributed by atoms with van der Waals surface area (Å²) in [5.74, 6) is -0.445. The van der Waals surface area contributed by atoms with Crippen molar-refractivity contribution in [2.45, 2.75) is 20.8 Å². The molecule has 2 aromatic carbocycles. The summed E-state index contributed by atoms with van der Waals surface area (Å²) in [7, 11) is 1.35. The highest BCUT2D eigenvalue weighted by Crippen LogP contribution is 2.34. The summed E-state index contributed by atoms with van der Waals surface area (Å²) in [6.07, 6.45) is 1.82. The summed E-state index contributed by atoms with van der Waals surface area (Å²) in [5.41, 5.74) is 4.38. The highest BCUT2D eigenvalue weighted by Gasteiger charge is 2.32. The van der Waals surface area contributed by atoms with Crippen LogP contribution in [0.4, 0.5) is 5.69 Å². The molecule has 1 saturated heterocycles. The average molecular weight is 394 g/mol. The Hall–Kier alpha value is -2.86. The third-order valence-corrected chi connectivity index (χ3v) is 5.42. The van der Waals surface area contributed by atoms with E-state index in [0.29, 0.717) is 22.2 Å². The van der Waals surface area contributed by atoms with Crippen LogP contribution in [0.1, 0.15) is 34.0 Å². The van der Waals surface area contributed by atoms with E-state index in [1.807, 2.05) is 45.0 Å². The first-order chi connectivity index (χ1) is 13.4. The molecule has 0 spiro atoms. The van der Waals surface area contributed by atoms with Gasteiger partial charge in [-0.05, 0) is 73.5 Å². The van der Waals surface area contributed by atoms with E-state index in [9.17, 15) is 9.59 Å². The van der Waals surface area contributed by atoms with Gasteiger partial charge in [0.2, 0.25) is 0 Å². The maximum atomic E-state index is 12.8. The number of amides is 1. The number of likely N-dealkylation sites (N-methyl/N-ethyl adjacent to an activating group) is 1. The fourth-order valence-corrected chi connectivity index (χ4v) is 3.85. The topological polar surface area (TPSA) is 59.0 Å². The second-order valence-electron chi connectivity index (χ2n) is 6.46. The molecule has 144 valence electrons. The molecule has 0 aromatic heterocycles. The predicted octanol–water partition coefficient (Wildman–Crippen LogP) is 4.71. The Kier molecular flexibility index (Phi) is 5.99. The van der Waals surface area contributed by atoms with Crippen molar-refractivity contribution in [3.63, 3.8) is 0 Å². The number of amidine groups is 1. The van der Waals surface area contributed by atoms with Crippen LogP contribution in [-0.2, 0) is 9.53 Å². The Bertz CT molecular complexity index is 978. The van der Waals surface area contributed by atoms with E-state index in [1.54, 1.807) is 29.2 Å². The van der Waals surface area contributed by atoms with Gasteiger partial charge in [0.25, 0.3) is 5.91 Å². The smallest absolute Gasteiger partial charge is 0.337 e. The van der Waals surface area contributed by atoms with Gasteiger partial charge in [0.1, 0.15) is 0 Å². The highest BCUT2D eigenvalue weighted by molar-refractivity contribution is 8.18. The Morgan fingerprint density at radius 2 is 1.89 bits per heavy atom. The molecule has 1 fully saturated rings. The van der Waals surface area contributed by atoms with Gasteiger partial charge < -0.3 is 4.74 Å². The van der Waals surface area contributed by atoms with Gasteiger partial charge in [-0.1, -0.05) is 24.3 Å². The minimum atomic E-state index is -0.384. The zero-order valence-corrected chi connectivity index (χ0v) is 17.2. The van der Waals surface area contributed by atoms with Crippen molar-refractivity contribution in [2.24, 2.45) is 4.99 Å². The van der Waals surface area contributed by atoms with E-state index < -0.39 is 0 Å². The molecular weight excluding hydrogens is 372 g/mol. The SMILES string of the molecule is CCN1C(=O)C(=Cc2ccc(C(=O)OC)cc2)SC1=Nc1cc(C)ccc1C. The Labute approximate surface area is 169 Å². The summed E-state index contributed by atoms with van der Waals surface area (Å²) >= 11 is 1.37. The number of methoxy groups -OCH3 is 1. The van der Waals surface area contributed by atoms with Crippen molar-refractivity contribution in [3.8, 4) is 0 Å². The molecule has 0 atom stereocenters. The van der Waals surface area contributed by atoms with E-state index in [-0.39, 0.29) is 11.9 Å². The molecule has 0 aliphatic carbocycles. The standard InChI is InChI=1S/C22H22N2O3S/c1-5-24-20(25)19(13-16-8-10-17(11-9-16)21(26)27-4)28-22(24)23-18-12-14(2)6-7-15(18)3/h6-13H,5H2,1-4H3. The van der Waals surface area contributed by atoms with Crippen LogP contribution in [0.15, 0.2) is 52.4 Å². The zero-order valence-electron chi connectivity index (χ0n) is 16.4. The van der Waals surface area contributed by atoms with Crippen LogP contribution in [0, 0.1) is 13.8 Å². The van der Waals surface area contributed by atoms with Crippen LogP contribution in [0.2, 0.25) is 0 Å². The van der Waals surface area contributed by atoms with E-state index in [0.717, 1.165) is 22.4 Å². The summed E-state index contributed by atoms with van der Waals surface area (Å²) in [4.78, 5) is 31.4. The lowest BCUT2D eigenvalue weighted by atomic mass is 10.1. The van der Waals surface area contributed by atoms with E-state index >= 15 is 0 Å².